The monoisotopic (exact) mass is 319 g/mol. The van der Waals surface area contributed by atoms with Crippen molar-refractivity contribution in [2.45, 2.75) is 19.5 Å². The Hall–Kier alpha value is -1.69. The zero-order valence-corrected chi connectivity index (χ0v) is 13.0. The van der Waals surface area contributed by atoms with Crippen molar-refractivity contribution in [3.05, 3.63) is 68.5 Å². The van der Waals surface area contributed by atoms with Crippen LogP contribution in [-0.2, 0) is 6.54 Å². The summed E-state index contributed by atoms with van der Waals surface area (Å²) >= 11 is 7.63. The van der Waals surface area contributed by atoms with Gasteiger partial charge in [0.05, 0.1) is 5.69 Å². The molecule has 0 fully saturated rings. The second kappa shape index (κ2) is 5.97. The van der Waals surface area contributed by atoms with E-state index in [0.29, 0.717) is 11.5 Å². The highest BCUT2D eigenvalue weighted by atomic mass is 35.5. The van der Waals surface area contributed by atoms with Gasteiger partial charge in [0.15, 0.2) is 4.96 Å². The molecule has 0 unspecified atom stereocenters. The smallest absolute Gasteiger partial charge is 0.258 e. The van der Waals surface area contributed by atoms with Gasteiger partial charge in [-0.05, 0) is 18.6 Å². The number of benzene rings is 1. The molecule has 3 aromatic rings. The Balaban J connectivity index is 1.77. The second-order valence-electron chi connectivity index (χ2n) is 4.77. The van der Waals surface area contributed by atoms with E-state index in [2.05, 4.69) is 10.3 Å². The molecule has 0 amide bonds. The molecule has 1 aromatic carbocycles. The average Bonchev–Trinajstić information content (AvgIpc) is 2.94. The molecular formula is C15H14ClN3OS. The molecule has 6 heteroatoms. The maximum absolute atomic E-state index is 11.9. The highest BCUT2D eigenvalue weighted by Gasteiger charge is 2.09. The van der Waals surface area contributed by atoms with Crippen molar-refractivity contribution in [2.24, 2.45) is 0 Å². The lowest BCUT2D eigenvalue weighted by Gasteiger charge is -2.15. The Morgan fingerprint density at radius 1 is 1.43 bits per heavy atom. The van der Waals surface area contributed by atoms with E-state index in [4.69, 9.17) is 11.6 Å². The lowest BCUT2D eigenvalue weighted by Crippen LogP contribution is -2.21. The van der Waals surface area contributed by atoms with Gasteiger partial charge in [0.1, 0.15) is 0 Å². The normalized spacial score (nSPS) is 12.7. The molecule has 0 saturated heterocycles. The Bertz CT molecular complexity index is 827. The third kappa shape index (κ3) is 3.00. The minimum absolute atomic E-state index is 0.0524. The van der Waals surface area contributed by atoms with Gasteiger partial charge >= 0.3 is 0 Å². The molecule has 0 bridgehead atoms. The van der Waals surface area contributed by atoms with Crippen molar-refractivity contribution >= 4 is 27.9 Å². The van der Waals surface area contributed by atoms with Crippen LogP contribution in [0.25, 0.3) is 4.96 Å². The van der Waals surface area contributed by atoms with Crippen LogP contribution in [0.4, 0.5) is 0 Å². The summed E-state index contributed by atoms with van der Waals surface area (Å²) in [5.41, 5.74) is 1.72. The number of aromatic nitrogens is 2. The largest absolute Gasteiger partial charge is 0.305 e. The van der Waals surface area contributed by atoms with Gasteiger partial charge in [0.2, 0.25) is 0 Å². The highest BCUT2D eigenvalue weighted by molar-refractivity contribution is 7.15. The molecule has 1 atom stereocenters. The number of nitrogens with zero attached hydrogens (tertiary/aromatic N) is 2. The Morgan fingerprint density at radius 3 is 3.05 bits per heavy atom. The van der Waals surface area contributed by atoms with Gasteiger partial charge in [0, 0.05) is 35.3 Å². The third-order valence-electron chi connectivity index (χ3n) is 3.32. The first-order valence-electron chi connectivity index (χ1n) is 6.59. The van der Waals surface area contributed by atoms with Crippen molar-refractivity contribution in [2.75, 3.05) is 0 Å². The van der Waals surface area contributed by atoms with Crippen LogP contribution in [0.5, 0.6) is 0 Å². The second-order valence-corrected chi connectivity index (χ2v) is 6.05. The Kier molecular flexibility index (Phi) is 4.05. The highest BCUT2D eigenvalue weighted by Crippen LogP contribution is 2.22. The molecule has 1 N–H and O–H groups in total. The molecule has 2 aromatic heterocycles. The van der Waals surface area contributed by atoms with Crippen LogP contribution in [0, 0.1) is 0 Å². The standard InChI is InChI=1S/C15H14ClN3OS/c1-10(12-4-2-3-5-13(12)16)17-9-11-8-14(20)19-6-7-21-15(19)18-11/h2-8,10,17H,9H2,1H3/t10-/m0/s1. The quantitative estimate of drug-likeness (QED) is 0.803. The van der Waals surface area contributed by atoms with E-state index >= 15 is 0 Å². The van der Waals surface area contributed by atoms with Crippen LogP contribution in [0.1, 0.15) is 24.2 Å². The van der Waals surface area contributed by atoms with E-state index in [1.807, 2.05) is 36.6 Å². The first-order chi connectivity index (χ1) is 10.1. The lowest BCUT2D eigenvalue weighted by molar-refractivity contribution is 0.567. The zero-order valence-electron chi connectivity index (χ0n) is 11.4. The molecule has 0 spiro atoms. The maximum Gasteiger partial charge on any atom is 0.258 e. The van der Waals surface area contributed by atoms with Crippen molar-refractivity contribution in [3.8, 4) is 0 Å². The molecule has 0 saturated carbocycles. The number of rotatable bonds is 4. The fourth-order valence-electron chi connectivity index (χ4n) is 2.17. The van der Waals surface area contributed by atoms with Gasteiger partial charge in [-0.25, -0.2) is 4.98 Å². The van der Waals surface area contributed by atoms with E-state index in [9.17, 15) is 4.79 Å². The molecule has 0 aliphatic heterocycles. The Morgan fingerprint density at radius 2 is 2.24 bits per heavy atom. The third-order valence-corrected chi connectivity index (χ3v) is 4.42. The van der Waals surface area contributed by atoms with Gasteiger partial charge in [-0.2, -0.15) is 0 Å². The van der Waals surface area contributed by atoms with Crippen LogP contribution >= 0.6 is 22.9 Å². The molecule has 0 aliphatic carbocycles. The molecule has 21 heavy (non-hydrogen) atoms. The van der Waals surface area contributed by atoms with Crippen LogP contribution in [0.2, 0.25) is 5.02 Å². The van der Waals surface area contributed by atoms with Gasteiger partial charge in [0.25, 0.3) is 5.56 Å². The first kappa shape index (κ1) is 14.3. The summed E-state index contributed by atoms with van der Waals surface area (Å²) in [4.78, 5) is 17.1. The van der Waals surface area contributed by atoms with Gasteiger partial charge in [-0.3, -0.25) is 9.20 Å². The molecule has 4 nitrogen and oxygen atoms in total. The predicted molar refractivity (Wildman–Crippen MR) is 86.0 cm³/mol. The summed E-state index contributed by atoms with van der Waals surface area (Å²) in [6.45, 7) is 2.56. The van der Waals surface area contributed by atoms with Crippen LogP contribution in [0.3, 0.4) is 0 Å². The lowest BCUT2D eigenvalue weighted by atomic mass is 10.1. The van der Waals surface area contributed by atoms with E-state index < -0.39 is 0 Å². The van der Waals surface area contributed by atoms with Gasteiger partial charge < -0.3 is 5.32 Å². The molecule has 0 radical (unpaired) electrons. The number of nitrogens with one attached hydrogen (secondary N) is 1. The molecule has 0 aliphatic rings. The van der Waals surface area contributed by atoms with Crippen LogP contribution in [0.15, 0.2) is 46.7 Å². The first-order valence-corrected chi connectivity index (χ1v) is 7.84. The van der Waals surface area contributed by atoms with E-state index in [1.165, 1.54) is 11.3 Å². The number of halogens is 1. The van der Waals surface area contributed by atoms with E-state index in [0.717, 1.165) is 16.3 Å². The topological polar surface area (TPSA) is 46.4 Å². The number of hydrogen-bond donors (Lipinski definition) is 1. The van der Waals surface area contributed by atoms with Crippen LogP contribution < -0.4 is 10.9 Å². The fourth-order valence-corrected chi connectivity index (χ4v) is 3.21. The van der Waals surface area contributed by atoms with Gasteiger partial charge in [-0.15, -0.1) is 11.3 Å². The maximum atomic E-state index is 11.9. The Labute approximate surface area is 131 Å². The SMILES string of the molecule is C[C@H](NCc1cc(=O)n2ccsc2n1)c1ccccc1Cl. The van der Waals surface area contributed by atoms with Crippen molar-refractivity contribution in [1.29, 1.82) is 0 Å². The van der Waals surface area contributed by atoms with E-state index in [-0.39, 0.29) is 11.6 Å². The summed E-state index contributed by atoms with van der Waals surface area (Å²) in [5, 5.41) is 5.94. The fraction of sp³-hybridized carbons (Fsp3) is 0.200. The molecular weight excluding hydrogens is 306 g/mol. The summed E-state index contributed by atoms with van der Waals surface area (Å²) in [6.07, 6.45) is 1.74. The minimum Gasteiger partial charge on any atom is -0.305 e. The van der Waals surface area contributed by atoms with Crippen molar-refractivity contribution in [1.82, 2.24) is 14.7 Å². The molecule has 2 heterocycles. The van der Waals surface area contributed by atoms with Crippen LogP contribution in [-0.4, -0.2) is 9.38 Å². The molecule has 108 valence electrons. The summed E-state index contributed by atoms with van der Waals surface area (Å²) in [5.74, 6) is 0. The number of hydrogen-bond acceptors (Lipinski definition) is 4. The van der Waals surface area contributed by atoms with Gasteiger partial charge in [-0.1, -0.05) is 29.8 Å². The minimum atomic E-state index is -0.0524. The molecule has 3 rings (SSSR count). The van der Waals surface area contributed by atoms with Crippen molar-refractivity contribution in [3.63, 3.8) is 0 Å². The number of thiazole rings is 1. The predicted octanol–water partition coefficient (Wildman–Crippen LogP) is 3.26. The summed E-state index contributed by atoms with van der Waals surface area (Å²) in [6, 6.07) is 9.38. The number of fused-ring (bicyclic) bond motifs is 1. The summed E-state index contributed by atoms with van der Waals surface area (Å²) in [7, 11) is 0. The van der Waals surface area contributed by atoms with Crippen molar-refractivity contribution < 1.29 is 0 Å². The van der Waals surface area contributed by atoms with E-state index in [1.54, 1.807) is 16.7 Å². The summed E-state index contributed by atoms with van der Waals surface area (Å²) < 4.78 is 1.55. The zero-order chi connectivity index (χ0) is 14.8. The average molecular weight is 320 g/mol.